The maximum absolute atomic E-state index is 13.3. The van der Waals surface area contributed by atoms with E-state index in [0.717, 1.165) is 5.56 Å². The lowest BCUT2D eigenvalue weighted by Gasteiger charge is -2.27. The van der Waals surface area contributed by atoms with Crippen molar-refractivity contribution in [3.63, 3.8) is 0 Å². The van der Waals surface area contributed by atoms with Crippen molar-refractivity contribution in [3.8, 4) is 5.75 Å². The van der Waals surface area contributed by atoms with Crippen LogP contribution in [0.4, 0.5) is 5.69 Å². The molecule has 2 aromatic carbocycles. The SMILES string of the molecule is COc1ccc(C)cc1/C(O)=C1\C(=O)C(=O)N(c2cccc(Cl)c2C)C1c1cccnc1. The summed E-state index contributed by atoms with van der Waals surface area (Å²) >= 11 is 6.31. The summed E-state index contributed by atoms with van der Waals surface area (Å²) in [5.74, 6) is -1.46. The number of pyridine rings is 1. The average molecular weight is 449 g/mol. The molecular formula is C25H21ClN2O4. The highest BCUT2D eigenvalue weighted by molar-refractivity contribution is 6.52. The molecule has 0 radical (unpaired) electrons. The molecule has 6 nitrogen and oxygen atoms in total. The number of aryl methyl sites for hydroxylation is 1. The Balaban J connectivity index is 2.01. The summed E-state index contributed by atoms with van der Waals surface area (Å²) in [6, 6.07) is 13.0. The molecular weight excluding hydrogens is 428 g/mol. The van der Waals surface area contributed by atoms with Crippen LogP contribution in [-0.4, -0.2) is 28.9 Å². The number of methoxy groups -OCH3 is 1. The lowest BCUT2D eigenvalue weighted by Crippen LogP contribution is -2.30. The molecule has 2 heterocycles. The number of halogens is 1. The lowest BCUT2D eigenvalue weighted by molar-refractivity contribution is -0.132. The number of amides is 1. The maximum Gasteiger partial charge on any atom is 0.300 e. The van der Waals surface area contributed by atoms with E-state index in [1.807, 2.05) is 13.0 Å². The van der Waals surface area contributed by atoms with Crippen molar-refractivity contribution >= 4 is 34.7 Å². The zero-order valence-electron chi connectivity index (χ0n) is 17.8. The molecule has 1 N–H and O–H groups in total. The van der Waals surface area contributed by atoms with E-state index in [2.05, 4.69) is 4.98 Å². The Labute approximate surface area is 190 Å². The van der Waals surface area contributed by atoms with E-state index in [0.29, 0.717) is 33.1 Å². The fourth-order valence-electron chi connectivity index (χ4n) is 3.94. The second kappa shape index (κ2) is 8.48. The number of hydrogen-bond acceptors (Lipinski definition) is 5. The minimum Gasteiger partial charge on any atom is -0.507 e. The summed E-state index contributed by atoms with van der Waals surface area (Å²) in [6.07, 6.45) is 3.17. The van der Waals surface area contributed by atoms with Crippen LogP contribution in [0, 0.1) is 13.8 Å². The van der Waals surface area contributed by atoms with Gasteiger partial charge in [-0.2, -0.15) is 0 Å². The molecule has 1 saturated heterocycles. The monoisotopic (exact) mass is 448 g/mol. The molecule has 7 heteroatoms. The van der Waals surface area contributed by atoms with Crippen LogP contribution in [0.3, 0.4) is 0 Å². The predicted octanol–water partition coefficient (Wildman–Crippen LogP) is 4.99. The van der Waals surface area contributed by atoms with Gasteiger partial charge in [-0.25, -0.2) is 0 Å². The Bertz CT molecular complexity index is 1250. The molecule has 32 heavy (non-hydrogen) atoms. The Morgan fingerprint density at radius 1 is 1.12 bits per heavy atom. The number of benzene rings is 2. The van der Waals surface area contributed by atoms with Crippen molar-refractivity contribution in [2.45, 2.75) is 19.9 Å². The molecule has 0 aliphatic carbocycles. The standard InChI is InChI=1S/C25H21ClN2O4/c1-14-9-10-20(32-3)17(12-14)23(29)21-22(16-6-5-11-27-13-16)28(25(31)24(21)30)19-8-4-7-18(26)15(19)2/h4-13,22,29H,1-3H3/b23-21+. The highest BCUT2D eigenvalue weighted by Crippen LogP contribution is 2.44. The van der Waals surface area contributed by atoms with Gasteiger partial charge in [-0.3, -0.25) is 19.5 Å². The Morgan fingerprint density at radius 2 is 1.91 bits per heavy atom. The quantitative estimate of drug-likeness (QED) is 0.345. The molecule has 1 fully saturated rings. The van der Waals surface area contributed by atoms with E-state index in [-0.39, 0.29) is 11.3 Å². The van der Waals surface area contributed by atoms with Crippen molar-refractivity contribution in [2.75, 3.05) is 12.0 Å². The molecule has 1 atom stereocenters. The van der Waals surface area contributed by atoms with Crippen LogP contribution in [0.15, 0.2) is 66.5 Å². The predicted molar refractivity (Wildman–Crippen MR) is 123 cm³/mol. The number of hydrogen-bond donors (Lipinski definition) is 1. The zero-order valence-corrected chi connectivity index (χ0v) is 18.6. The van der Waals surface area contributed by atoms with Crippen LogP contribution in [0.1, 0.15) is 28.3 Å². The van der Waals surface area contributed by atoms with Gasteiger partial charge in [-0.1, -0.05) is 35.4 Å². The summed E-state index contributed by atoms with van der Waals surface area (Å²) in [7, 11) is 1.48. The van der Waals surface area contributed by atoms with E-state index in [1.54, 1.807) is 61.8 Å². The van der Waals surface area contributed by atoms with Gasteiger partial charge in [0.1, 0.15) is 11.5 Å². The number of ketones is 1. The number of carbonyl (C=O) groups excluding carboxylic acids is 2. The lowest BCUT2D eigenvalue weighted by atomic mass is 9.95. The molecule has 1 unspecified atom stereocenters. The molecule has 1 aliphatic heterocycles. The summed E-state index contributed by atoms with van der Waals surface area (Å²) < 4.78 is 5.40. The van der Waals surface area contributed by atoms with E-state index < -0.39 is 17.7 Å². The van der Waals surface area contributed by atoms with Gasteiger partial charge in [-0.05, 0) is 55.3 Å². The number of carbonyl (C=O) groups is 2. The third kappa shape index (κ3) is 3.52. The van der Waals surface area contributed by atoms with Gasteiger partial charge < -0.3 is 9.84 Å². The first-order valence-electron chi connectivity index (χ1n) is 9.96. The number of aliphatic hydroxyl groups is 1. The van der Waals surface area contributed by atoms with Crippen LogP contribution >= 0.6 is 11.6 Å². The Hall–Kier alpha value is -3.64. The fourth-order valence-corrected chi connectivity index (χ4v) is 4.11. The van der Waals surface area contributed by atoms with E-state index >= 15 is 0 Å². The van der Waals surface area contributed by atoms with Crippen molar-refractivity contribution in [2.24, 2.45) is 0 Å². The van der Waals surface area contributed by atoms with Crippen LogP contribution in [0.5, 0.6) is 5.75 Å². The first kappa shape index (κ1) is 21.6. The topological polar surface area (TPSA) is 79.7 Å². The van der Waals surface area contributed by atoms with Crippen LogP contribution in [-0.2, 0) is 9.59 Å². The number of rotatable bonds is 4. The minimum atomic E-state index is -0.883. The molecule has 1 aliphatic rings. The van der Waals surface area contributed by atoms with Crippen LogP contribution in [0.2, 0.25) is 5.02 Å². The van der Waals surface area contributed by atoms with Gasteiger partial charge in [0.15, 0.2) is 0 Å². The second-order valence-corrected chi connectivity index (χ2v) is 7.95. The summed E-state index contributed by atoms with van der Waals surface area (Å²) in [5, 5.41) is 11.8. The molecule has 0 bridgehead atoms. The molecule has 1 aromatic heterocycles. The molecule has 1 amide bonds. The number of ether oxygens (including phenoxy) is 1. The van der Waals surface area contributed by atoms with Gasteiger partial charge >= 0.3 is 0 Å². The molecule has 0 spiro atoms. The first-order chi connectivity index (χ1) is 15.3. The van der Waals surface area contributed by atoms with Gasteiger partial charge in [0.05, 0.1) is 24.3 Å². The largest absolute Gasteiger partial charge is 0.507 e. The van der Waals surface area contributed by atoms with Crippen LogP contribution in [0.25, 0.3) is 5.76 Å². The van der Waals surface area contributed by atoms with Crippen molar-refractivity contribution in [3.05, 3.63) is 93.8 Å². The third-order valence-corrected chi connectivity index (χ3v) is 5.96. The van der Waals surface area contributed by atoms with E-state index in [1.165, 1.54) is 12.0 Å². The minimum absolute atomic E-state index is 0.0359. The molecule has 0 saturated carbocycles. The number of aromatic nitrogens is 1. The molecule has 162 valence electrons. The third-order valence-electron chi connectivity index (χ3n) is 5.55. The normalized spacial score (nSPS) is 17.6. The van der Waals surface area contributed by atoms with Crippen molar-refractivity contribution < 1.29 is 19.4 Å². The number of aliphatic hydroxyl groups excluding tert-OH is 1. The Kier molecular flexibility index (Phi) is 5.72. The molecule has 4 rings (SSSR count). The van der Waals surface area contributed by atoms with Crippen molar-refractivity contribution in [1.82, 2.24) is 4.98 Å². The summed E-state index contributed by atoms with van der Waals surface area (Å²) in [4.78, 5) is 32.0. The summed E-state index contributed by atoms with van der Waals surface area (Å²) in [5.41, 5.74) is 2.89. The average Bonchev–Trinajstić information content (AvgIpc) is 3.06. The highest BCUT2D eigenvalue weighted by atomic mass is 35.5. The molecule has 3 aromatic rings. The van der Waals surface area contributed by atoms with Gasteiger partial charge in [0.25, 0.3) is 11.7 Å². The van der Waals surface area contributed by atoms with E-state index in [4.69, 9.17) is 16.3 Å². The second-order valence-electron chi connectivity index (χ2n) is 7.54. The summed E-state index contributed by atoms with van der Waals surface area (Å²) in [6.45, 7) is 3.64. The number of anilines is 1. The van der Waals surface area contributed by atoms with Crippen molar-refractivity contribution in [1.29, 1.82) is 0 Å². The van der Waals surface area contributed by atoms with Gasteiger partial charge in [0, 0.05) is 23.1 Å². The zero-order chi connectivity index (χ0) is 23.0. The van der Waals surface area contributed by atoms with E-state index in [9.17, 15) is 14.7 Å². The maximum atomic E-state index is 13.3. The number of nitrogens with zero attached hydrogens (tertiary/aromatic N) is 2. The fraction of sp³-hybridized carbons (Fsp3) is 0.160. The number of Topliss-reactive ketones (excluding diaryl/α,β-unsaturated/α-hetero) is 1. The first-order valence-corrected chi connectivity index (χ1v) is 10.3. The Morgan fingerprint density at radius 3 is 2.59 bits per heavy atom. The van der Waals surface area contributed by atoms with Crippen LogP contribution < -0.4 is 9.64 Å². The smallest absolute Gasteiger partial charge is 0.300 e. The van der Waals surface area contributed by atoms with Gasteiger partial charge in [0.2, 0.25) is 0 Å². The van der Waals surface area contributed by atoms with Gasteiger partial charge in [-0.15, -0.1) is 0 Å². The highest BCUT2D eigenvalue weighted by Gasteiger charge is 2.47.